The summed E-state index contributed by atoms with van der Waals surface area (Å²) in [5.74, 6) is -0.559. The maximum atomic E-state index is 12.5. The highest BCUT2D eigenvalue weighted by Gasteiger charge is 2.30. The average Bonchev–Trinajstić information content (AvgIpc) is 2.63. The number of fused-ring (bicyclic) bond motifs is 1. The quantitative estimate of drug-likeness (QED) is 0.803. The largest absolute Gasteiger partial charge is 0.492 e. The molecule has 0 aromatic heterocycles. The highest BCUT2D eigenvalue weighted by Crippen LogP contribution is 2.30. The first-order valence-electron chi connectivity index (χ1n) is 8.83. The van der Waals surface area contributed by atoms with E-state index in [9.17, 15) is 9.59 Å². The fourth-order valence-electron chi connectivity index (χ4n) is 3.03. The Labute approximate surface area is 163 Å². The number of carbonyl (C=O) groups is 2. The van der Waals surface area contributed by atoms with E-state index >= 15 is 0 Å². The third-order valence-electron chi connectivity index (χ3n) is 4.56. The molecule has 27 heavy (non-hydrogen) atoms. The van der Waals surface area contributed by atoms with Crippen molar-refractivity contribution < 1.29 is 19.1 Å². The molecule has 0 radical (unpaired) electrons. The molecule has 0 saturated carbocycles. The zero-order valence-electron chi connectivity index (χ0n) is 15.5. The van der Waals surface area contributed by atoms with Crippen molar-refractivity contribution in [1.29, 1.82) is 0 Å². The van der Waals surface area contributed by atoms with Gasteiger partial charge in [-0.2, -0.15) is 0 Å². The van der Waals surface area contributed by atoms with E-state index in [1.807, 2.05) is 32.0 Å². The summed E-state index contributed by atoms with van der Waals surface area (Å²) in [6.45, 7) is 5.69. The SMILES string of the molecule is Cc1ccc(NC(=O)[C@@H](C)OC(=O)[C@H]2COc3ccc(Cl)cc3C2)c(C)c1. The Hall–Kier alpha value is -2.53. The Morgan fingerprint density at radius 2 is 2.00 bits per heavy atom. The molecule has 2 aromatic rings. The predicted molar refractivity (Wildman–Crippen MR) is 104 cm³/mol. The van der Waals surface area contributed by atoms with E-state index in [0.29, 0.717) is 17.1 Å². The molecule has 0 unspecified atom stereocenters. The molecule has 142 valence electrons. The van der Waals surface area contributed by atoms with Crippen LogP contribution in [0.4, 0.5) is 5.69 Å². The van der Waals surface area contributed by atoms with E-state index in [-0.39, 0.29) is 12.5 Å². The van der Waals surface area contributed by atoms with E-state index in [1.54, 1.807) is 25.1 Å². The van der Waals surface area contributed by atoms with Gasteiger partial charge in [0.2, 0.25) is 0 Å². The van der Waals surface area contributed by atoms with Gasteiger partial charge in [0, 0.05) is 10.7 Å². The van der Waals surface area contributed by atoms with Gasteiger partial charge in [-0.3, -0.25) is 9.59 Å². The third kappa shape index (κ3) is 4.61. The summed E-state index contributed by atoms with van der Waals surface area (Å²) in [5, 5.41) is 3.39. The van der Waals surface area contributed by atoms with Gasteiger partial charge in [0.05, 0.1) is 5.92 Å². The molecule has 2 aromatic carbocycles. The molecule has 0 fully saturated rings. The van der Waals surface area contributed by atoms with Crippen LogP contribution in [-0.4, -0.2) is 24.6 Å². The summed E-state index contributed by atoms with van der Waals surface area (Å²) < 4.78 is 11.0. The first-order valence-corrected chi connectivity index (χ1v) is 9.21. The summed E-state index contributed by atoms with van der Waals surface area (Å²) in [6, 6.07) is 11.1. The van der Waals surface area contributed by atoms with Gasteiger partial charge in [0.25, 0.3) is 5.91 Å². The van der Waals surface area contributed by atoms with E-state index < -0.39 is 18.0 Å². The number of carbonyl (C=O) groups excluding carboxylic acids is 2. The van der Waals surface area contributed by atoms with Crippen molar-refractivity contribution >= 4 is 29.2 Å². The van der Waals surface area contributed by atoms with Gasteiger partial charge in [-0.25, -0.2) is 0 Å². The maximum absolute atomic E-state index is 12.5. The van der Waals surface area contributed by atoms with Crippen molar-refractivity contribution in [1.82, 2.24) is 0 Å². The first-order chi connectivity index (χ1) is 12.8. The lowest BCUT2D eigenvalue weighted by molar-refractivity contribution is -0.158. The number of aryl methyl sites for hydroxylation is 2. The van der Waals surface area contributed by atoms with Crippen LogP contribution in [0.25, 0.3) is 0 Å². The first kappa shape index (κ1) is 19.2. The van der Waals surface area contributed by atoms with Gasteiger partial charge in [0.1, 0.15) is 12.4 Å². The molecule has 0 aliphatic carbocycles. The summed E-state index contributed by atoms with van der Waals surface area (Å²) >= 11 is 6.00. The molecule has 0 saturated heterocycles. The molecule has 1 N–H and O–H groups in total. The minimum atomic E-state index is -0.904. The van der Waals surface area contributed by atoms with E-state index in [4.69, 9.17) is 21.1 Å². The van der Waals surface area contributed by atoms with Crippen molar-refractivity contribution in [2.24, 2.45) is 5.92 Å². The van der Waals surface area contributed by atoms with Crippen LogP contribution in [0.2, 0.25) is 5.02 Å². The van der Waals surface area contributed by atoms with Crippen molar-refractivity contribution in [3.05, 3.63) is 58.1 Å². The van der Waals surface area contributed by atoms with Crippen LogP contribution in [0.1, 0.15) is 23.6 Å². The lowest BCUT2D eigenvalue weighted by Gasteiger charge is -2.25. The summed E-state index contributed by atoms with van der Waals surface area (Å²) in [5.41, 5.74) is 3.64. The molecule has 0 bridgehead atoms. The molecule has 1 aliphatic heterocycles. The number of amides is 1. The second-order valence-corrected chi connectivity index (χ2v) is 7.29. The topological polar surface area (TPSA) is 64.6 Å². The zero-order valence-corrected chi connectivity index (χ0v) is 16.3. The van der Waals surface area contributed by atoms with Gasteiger partial charge in [-0.05, 0) is 62.6 Å². The second kappa shape index (κ2) is 8.01. The Morgan fingerprint density at radius 3 is 2.74 bits per heavy atom. The fraction of sp³-hybridized carbons (Fsp3) is 0.333. The normalized spacial score (nSPS) is 16.7. The van der Waals surface area contributed by atoms with Crippen molar-refractivity contribution in [3.63, 3.8) is 0 Å². The Bertz CT molecular complexity index is 880. The van der Waals surface area contributed by atoms with Crippen LogP contribution in [0.5, 0.6) is 5.75 Å². The number of anilines is 1. The van der Waals surface area contributed by atoms with Crippen LogP contribution in [0.15, 0.2) is 36.4 Å². The van der Waals surface area contributed by atoms with Gasteiger partial charge in [-0.15, -0.1) is 0 Å². The standard InChI is InChI=1S/C21H22ClNO4/c1-12-4-6-18(13(2)8-12)23-20(24)14(3)27-21(25)16-9-15-10-17(22)5-7-19(15)26-11-16/h4-8,10,14,16H,9,11H2,1-3H3,(H,23,24)/t14-,16-/m1/s1. The molecular weight excluding hydrogens is 366 g/mol. The van der Waals surface area contributed by atoms with Crippen molar-refractivity contribution in [2.75, 3.05) is 11.9 Å². The molecule has 3 rings (SSSR count). The fourth-order valence-corrected chi connectivity index (χ4v) is 3.22. The predicted octanol–water partition coefficient (Wildman–Crippen LogP) is 4.08. The average molecular weight is 388 g/mol. The van der Waals surface area contributed by atoms with Gasteiger partial charge in [-0.1, -0.05) is 29.3 Å². The molecule has 1 amide bonds. The number of ether oxygens (including phenoxy) is 2. The minimum absolute atomic E-state index is 0.221. The summed E-state index contributed by atoms with van der Waals surface area (Å²) in [7, 11) is 0. The molecular formula is C21H22ClNO4. The number of benzene rings is 2. The monoisotopic (exact) mass is 387 g/mol. The maximum Gasteiger partial charge on any atom is 0.313 e. The number of esters is 1. The minimum Gasteiger partial charge on any atom is -0.492 e. The molecule has 2 atom stereocenters. The van der Waals surface area contributed by atoms with Crippen LogP contribution in [0, 0.1) is 19.8 Å². The van der Waals surface area contributed by atoms with Gasteiger partial charge in [0.15, 0.2) is 6.10 Å². The van der Waals surface area contributed by atoms with Crippen LogP contribution in [-0.2, 0) is 20.7 Å². The number of hydrogen-bond donors (Lipinski definition) is 1. The van der Waals surface area contributed by atoms with Gasteiger partial charge >= 0.3 is 5.97 Å². The number of hydrogen-bond acceptors (Lipinski definition) is 4. The number of halogens is 1. The summed E-state index contributed by atoms with van der Waals surface area (Å²) in [6.07, 6.45) is -0.431. The highest BCUT2D eigenvalue weighted by atomic mass is 35.5. The van der Waals surface area contributed by atoms with Crippen LogP contribution >= 0.6 is 11.6 Å². The summed E-state index contributed by atoms with van der Waals surface area (Å²) in [4.78, 5) is 24.8. The number of rotatable bonds is 4. The Kier molecular flexibility index (Phi) is 5.71. The van der Waals surface area contributed by atoms with Crippen LogP contribution < -0.4 is 10.1 Å². The smallest absolute Gasteiger partial charge is 0.313 e. The van der Waals surface area contributed by atoms with E-state index in [2.05, 4.69) is 5.32 Å². The lowest BCUT2D eigenvalue weighted by Crippen LogP contribution is -2.36. The molecule has 1 heterocycles. The highest BCUT2D eigenvalue weighted by molar-refractivity contribution is 6.30. The van der Waals surface area contributed by atoms with E-state index in [1.165, 1.54) is 0 Å². The van der Waals surface area contributed by atoms with Crippen LogP contribution in [0.3, 0.4) is 0 Å². The molecule has 0 spiro atoms. The molecule has 6 heteroatoms. The van der Waals surface area contributed by atoms with Crippen molar-refractivity contribution in [3.8, 4) is 5.75 Å². The number of nitrogens with one attached hydrogen (secondary N) is 1. The molecule has 1 aliphatic rings. The van der Waals surface area contributed by atoms with Crippen molar-refractivity contribution in [2.45, 2.75) is 33.3 Å². The van der Waals surface area contributed by atoms with Gasteiger partial charge < -0.3 is 14.8 Å². The molecule has 5 nitrogen and oxygen atoms in total. The lowest BCUT2D eigenvalue weighted by atomic mass is 9.97. The Morgan fingerprint density at radius 1 is 1.22 bits per heavy atom. The zero-order chi connectivity index (χ0) is 19.6. The second-order valence-electron chi connectivity index (χ2n) is 6.85. The Balaban J connectivity index is 1.59. The van der Waals surface area contributed by atoms with E-state index in [0.717, 1.165) is 22.4 Å². The third-order valence-corrected chi connectivity index (χ3v) is 4.80.